The molecule has 96 valence electrons. The number of hydrogen-bond acceptors (Lipinski definition) is 3. The summed E-state index contributed by atoms with van der Waals surface area (Å²) in [5.41, 5.74) is 1.01. The van der Waals surface area contributed by atoms with Gasteiger partial charge in [0.1, 0.15) is 0 Å². The summed E-state index contributed by atoms with van der Waals surface area (Å²) < 4.78 is 4.53. The lowest BCUT2D eigenvalue weighted by Crippen LogP contribution is -1.98. The maximum Gasteiger partial charge on any atom is 0.336 e. The molecule has 1 N–H and O–H groups in total. The van der Waals surface area contributed by atoms with Crippen molar-refractivity contribution >= 4 is 28.8 Å². The van der Waals surface area contributed by atoms with Gasteiger partial charge in [0.2, 0.25) is 0 Å². The summed E-state index contributed by atoms with van der Waals surface area (Å²) in [5.74, 6) is -1.42. The molecule has 0 radical (unpaired) electrons. The number of esters is 1. The monoisotopic (exact) mass is 256 g/mol. The summed E-state index contributed by atoms with van der Waals surface area (Å²) in [6.07, 6.45) is 2.92. The van der Waals surface area contributed by atoms with Gasteiger partial charge >= 0.3 is 11.9 Å². The highest BCUT2D eigenvalue weighted by Crippen LogP contribution is 2.24. The second-order valence-electron chi connectivity index (χ2n) is 3.91. The summed E-state index contributed by atoms with van der Waals surface area (Å²) in [4.78, 5) is 22.2. The Morgan fingerprint density at radius 1 is 1.11 bits per heavy atom. The van der Waals surface area contributed by atoms with Crippen molar-refractivity contribution in [1.29, 1.82) is 0 Å². The summed E-state index contributed by atoms with van der Waals surface area (Å²) in [7, 11) is 1.30. The molecule has 2 aromatic carbocycles. The first kappa shape index (κ1) is 12.8. The number of fused-ring (bicyclic) bond motifs is 1. The van der Waals surface area contributed by atoms with Crippen LogP contribution in [0.25, 0.3) is 16.8 Å². The van der Waals surface area contributed by atoms with E-state index < -0.39 is 11.9 Å². The van der Waals surface area contributed by atoms with Crippen molar-refractivity contribution < 1.29 is 19.4 Å². The Kier molecular flexibility index (Phi) is 3.61. The second kappa shape index (κ2) is 5.35. The van der Waals surface area contributed by atoms with Crippen LogP contribution < -0.4 is 0 Å². The van der Waals surface area contributed by atoms with Crippen LogP contribution in [0, 0.1) is 0 Å². The van der Waals surface area contributed by atoms with E-state index in [2.05, 4.69) is 4.74 Å². The Morgan fingerprint density at radius 2 is 1.79 bits per heavy atom. The summed E-state index contributed by atoms with van der Waals surface area (Å²) in [6.45, 7) is 0. The van der Waals surface area contributed by atoms with Crippen molar-refractivity contribution in [3.8, 4) is 0 Å². The highest BCUT2D eigenvalue weighted by atomic mass is 16.5. The van der Waals surface area contributed by atoms with E-state index in [0.717, 1.165) is 10.9 Å². The molecule has 0 unspecified atom stereocenters. The van der Waals surface area contributed by atoms with E-state index in [9.17, 15) is 9.59 Å². The molecule has 19 heavy (non-hydrogen) atoms. The highest BCUT2D eigenvalue weighted by molar-refractivity contribution is 6.06. The maximum absolute atomic E-state index is 11.1. The number of benzene rings is 2. The van der Waals surface area contributed by atoms with Crippen LogP contribution in [0.2, 0.25) is 0 Å². The molecule has 0 atom stereocenters. The Balaban J connectivity index is 2.59. The Bertz CT molecular complexity index is 671. The van der Waals surface area contributed by atoms with Gasteiger partial charge in [0.15, 0.2) is 0 Å². The molecule has 0 saturated heterocycles. The number of methoxy groups -OCH3 is 1. The molecule has 0 aromatic heterocycles. The summed E-state index contributed by atoms with van der Waals surface area (Å²) in [6, 6.07) is 10.4. The lowest BCUT2D eigenvalue weighted by atomic mass is 9.99. The van der Waals surface area contributed by atoms with Crippen LogP contribution in [0.4, 0.5) is 0 Å². The number of rotatable bonds is 3. The normalized spacial score (nSPS) is 10.8. The van der Waals surface area contributed by atoms with Crippen LogP contribution >= 0.6 is 0 Å². The molecule has 0 bridgehead atoms. The minimum Gasteiger partial charge on any atom is -0.478 e. The largest absolute Gasteiger partial charge is 0.478 e. The molecule has 4 heteroatoms. The zero-order chi connectivity index (χ0) is 13.8. The van der Waals surface area contributed by atoms with Gasteiger partial charge in [0.05, 0.1) is 12.7 Å². The van der Waals surface area contributed by atoms with E-state index in [1.54, 1.807) is 24.3 Å². The predicted octanol–water partition coefficient (Wildman–Crippen LogP) is 2.72. The molecule has 0 aliphatic heterocycles. The molecule has 0 fully saturated rings. The molecular weight excluding hydrogens is 244 g/mol. The molecule has 0 saturated carbocycles. The number of hydrogen-bond donors (Lipinski definition) is 1. The number of carboxylic acids is 1. The van der Waals surface area contributed by atoms with Gasteiger partial charge in [-0.05, 0) is 28.5 Å². The fourth-order valence-corrected chi connectivity index (χ4v) is 1.88. The van der Waals surface area contributed by atoms with E-state index >= 15 is 0 Å². The lowest BCUT2D eigenvalue weighted by Gasteiger charge is -2.05. The van der Waals surface area contributed by atoms with Crippen molar-refractivity contribution in [2.75, 3.05) is 7.11 Å². The van der Waals surface area contributed by atoms with Crippen LogP contribution in [0.1, 0.15) is 15.9 Å². The van der Waals surface area contributed by atoms with Crippen molar-refractivity contribution in [2.45, 2.75) is 0 Å². The van der Waals surface area contributed by atoms with E-state index in [4.69, 9.17) is 5.11 Å². The van der Waals surface area contributed by atoms with E-state index in [1.165, 1.54) is 19.3 Å². The first-order valence-corrected chi connectivity index (χ1v) is 5.64. The van der Waals surface area contributed by atoms with E-state index in [1.807, 2.05) is 12.1 Å². The van der Waals surface area contributed by atoms with Gasteiger partial charge in [-0.1, -0.05) is 30.3 Å². The molecule has 0 spiro atoms. The SMILES string of the molecule is COC(=O)C=Cc1ccc(C(=O)O)c2ccccc12. The van der Waals surface area contributed by atoms with Crippen LogP contribution in [-0.2, 0) is 9.53 Å². The smallest absolute Gasteiger partial charge is 0.336 e. The van der Waals surface area contributed by atoms with Crippen LogP contribution in [0.3, 0.4) is 0 Å². The number of carbonyl (C=O) groups is 2. The molecule has 0 amide bonds. The zero-order valence-electron chi connectivity index (χ0n) is 10.3. The fourth-order valence-electron chi connectivity index (χ4n) is 1.88. The standard InChI is InChI=1S/C15H12O4/c1-19-14(16)9-7-10-6-8-13(15(17)18)12-5-3-2-4-11(10)12/h2-9H,1H3,(H,17,18). The molecule has 2 rings (SSSR count). The van der Waals surface area contributed by atoms with Gasteiger partial charge in [-0.2, -0.15) is 0 Å². The number of carboxylic acid groups (broad SMARTS) is 1. The first-order chi connectivity index (χ1) is 9.13. The summed E-state index contributed by atoms with van der Waals surface area (Å²) in [5, 5.41) is 10.6. The average molecular weight is 256 g/mol. The average Bonchev–Trinajstić information content (AvgIpc) is 2.43. The minimum atomic E-state index is -0.973. The number of carbonyl (C=O) groups excluding carboxylic acids is 1. The fraction of sp³-hybridized carbons (Fsp3) is 0.0667. The van der Waals surface area contributed by atoms with Crippen molar-refractivity contribution in [1.82, 2.24) is 0 Å². The topological polar surface area (TPSA) is 63.6 Å². The van der Waals surface area contributed by atoms with Gasteiger partial charge in [0.25, 0.3) is 0 Å². The van der Waals surface area contributed by atoms with E-state index in [0.29, 0.717) is 5.39 Å². The quantitative estimate of drug-likeness (QED) is 0.677. The minimum absolute atomic E-state index is 0.241. The molecule has 0 aliphatic rings. The van der Waals surface area contributed by atoms with Gasteiger partial charge in [-0.3, -0.25) is 0 Å². The molecule has 4 nitrogen and oxygen atoms in total. The predicted molar refractivity (Wildman–Crippen MR) is 72.0 cm³/mol. The maximum atomic E-state index is 11.1. The first-order valence-electron chi connectivity index (χ1n) is 5.64. The highest BCUT2D eigenvalue weighted by Gasteiger charge is 2.09. The van der Waals surface area contributed by atoms with E-state index in [-0.39, 0.29) is 5.56 Å². The molecular formula is C15H12O4. The third kappa shape index (κ3) is 2.63. The second-order valence-corrected chi connectivity index (χ2v) is 3.91. The number of aromatic carboxylic acids is 1. The zero-order valence-corrected chi connectivity index (χ0v) is 10.3. The lowest BCUT2D eigenvalue weighted by molar-refractivity contribution is -0.134. The summed E-state index contributed by atoms with van der Waals surface area (Å²) >= 11 is 0. The Hall–Kier alpha value is -2.62. The molecule has 0 aliphatic carbocycles. The van der Waals surface area contributed by atoms with Gasteiger partial charge in [0, 0.05) is 6.08 Å². The van der Waals surface area contributed by atoms with Crippen LogP contribution in [0.15, 0.2) is 42.5 Å². The van der Waals surface area contributed by atoms with Crippen molar-refractivity contribution in [2.24, 2.45) is 0 Å². The van der Waals surface area contributed by atoms with Gasteiger partial charge < -0.3 is 9.84 Å². The van der Waals surface area contributed by atoms with Crippen LogP contribution in [0.5, 0.6) is 0 Å². The van der Waals surface area contributed by atoms with Crippen molar-refractivity contribution in [3.05, 3.63) is 53.6 Å². The Morgan fingerprint density at radius 3 is 2.42 bits per heavy atom. The third-order valence-electron chi connectivity index (χ3n) is 2.79. The number of ether oxygens (including phenoxy) is 1. The van der Waals surface area contributed by atoms with Crippen LogP contribution in [-0.4, -0.2) is 24.2 Å². The van der Waals surface area contributed by atoms with Gasteiger partial charge in [-0.15, -0.1) is 0 Å². The van der Waals surface area contributed by atoms with Gasteiger partial charge in [-0.25, -0.2) is 9.59 Å². The molecule has 0 heterocycles. The van der Waals surface area contributed by atoms with Crippen molar-refractivity contribution in [3.63, 3.8) is 0 Å². The Labute approximate surface area is 109 Å². The third-order valence-corrected chi connectivity index (χ3v) is 2.79. The molecule has 2 aromatic rings.